The fourth-order valence-electron chi connectivity index (χ4n) is 3.57. The van der Waals surface area contributed by atoms with Gasteiger partial charge in [-0.15, -0.1) is 0 Å². The Bertz CT molecular complexity index is 263. The summed E-state index contributed by atoms with van der Waals surface area (Å²) in [6.07, 6.45) is 5.65. The first-order valence-electron chi connectivity index (χ1n) is 9.51. The highest BCUT2D eigenvalue weighted by Crippen LogP contribution is 2.26. The molecular formula is C20H41N. The van der Waals surface area contributed by atoms with Gasteiger partial charge in [0.2, 0.25) is 0 Å². The summed E-state index contributed by atoms with van der Waals surface area (Å²) in [5, 5.41) is 0. The van der Waals surface area contributed by atoms with Crippen LogP contribution in [0.15, 0.2) is 0 Å². The minimum atomic E-state index is 0.837. The third-order valence-electron chi connectivity index (χ3n) is 6.07. The van der Waals surface area contributed by atoms with Crippen molar-refractivity contribution in [3.8, 4) is 0 Å². The Morgan fingerprint density at radius 3 is 1.86 bits per heavy atom. The molecule has 0 aliphatic carbocycles. The summed E-state index contributed by atoms with van der Waals surface area (Å²) in [4.78, 5) is 2.69. The van der Waals surface area contributed by atoms with E-state index in [-0.39, 0.29) is 0 Å². The minimum Gasteiger partial charge on any atom is -0.303 e. The first-order valence-corrected chi connectivity index (χ1v) is 9.51. The zero-order valence-electron chi connectivity index (χ0n) is 15.9. The van der Waals surface area contributed by atoms with Crippen LogP contribution in [0, 0.1) is 35.5 Å². The zero-order chi connectivity index (χ0) is 16.0. The summed E-state index contributed by atoms with van der Waals surface area (Å²) < 4.78 is 0. The van der Waals surface area contributed by atoms with Crippen molar-refractivity contribution in [2.45, 2.75) is 74.1 Å². The minimum absolute atomic E-state index is 0.837. The van der Waals surface area contributed by atoms with Crippen LogP contribution in [0.25, 0.3) is 0 Å². The van der Waals surface area contributed by atoms with Crippen molar-refractivity contribution < 1.29 is 0 Å². The zero-order valence-corrected chi connectivity index (χ0v) is 15.9. The lowest BCUT2D eigenvalue weighted by Gasteiger charge is -2.22. The van der Waals surface area contributed by atoms with E-state index in [1.807, 2.05) is 0 Å². The summed E-state index contributed by atoms with van der Waals surface area (Å²) >= 11 is 0. The van der Waals surface area contributed by atoms with E-state index in [4.69, 9.17) is 0 Å². The Morgan fingerprint density at radius 1 is 0.810 bits per heavy atom. The van der Waals surface area contributed by atoms with E-state index in [1.54, 1.807) is 0 Å². The lowest BCUT2D eigenvalue weighted by molar-refractivity contribution is 0.273. The van der Waals surface area contributed by atoms with Crippen molar-refractivity contribution in [1.29, 1.82) is 0 Å². The maximum absolute atomic E-state index is 2.69. The number of nitrogens with zero attached hydrogens (tertiary/aromatic N) is 1. The fraction of sp³-hybridized carbons (Fsp3) is 1.00. The molecule has 0 aromatic rings. The van der Waals surface area contributed by atoms with Gasteiger partial charge in [-0.05, 0) is 54.9 Å². The molecule has 0 aromatic carbocycles. The molecule has 1 fully saturated rings. The third kappa shape index (κ3) is 7.17. The predicted octanol–water partition coefficient (Wildman–Crippen LogP) is 5.70. The second kappa shape index (κ2) is 9.18. The van der Waals surface area contributed by atoms with Crippen molar-refractivity contribution >= 4 is 0 Å². The Hall–Kier alpha value is -0.0400. The molecule has 0 saturated carbocycles. The van der Waals surface area contributed by atoms with Crippen LogP contribution in [0.2, 0.25) is 0 Å². The van der Waals surface area contributed by atoms with Crippen LogP contribution in [0.4, 0.5) is 0 Å². The molecule has 0 N–H and O–H groups in total. The second-order valence-electron chi connectivity index (χ2n) is 8.75. The molecule has 1 rings (SSSR count). The molecule has 5 unspecified atom stereocenters. The van der Waals surface area contributed by atoms with Gasteiger partial charge in [-0.25, -0.2) is 0 Å². The Balaban J connectivity index is 2.12. The van der Waals surface area contributed by atoms with Crippen LogP contribution < -0.4 is 0 Å². The van der Waals surface area contributed by atoms with E-state index >= 15 is 0 Å². The normalized spacial score (nSPS) is 28.0. The van der Waals surface area contributed by atoms with Gasteiger partial charge in [-0.3, -0.25) is 0 Å². The number of hydrogen-bond donors (Lipinski definition) is 0. The summed E-state index contributed by atoms with van der Waals surface area (Å²) in [6, 6.07) is 0. The SMILES string of the molecule is CC(CCC(C)CC(C)C(C)C)CCN1CC(C)C(C)C1. The third-order valence-corrected chi connectivity index (χ3v) is 6.07. The van der Waals surface area contributed by atoms with Gasteiger partial charge in [0.1, 0.15) is 0 Å². The fourth-order valence-corrected chi connectivity index (χ4v) is 3.57. The molecule has 1 saturated heterocycles. The van der Waals surface area contributed by atoms with Crippen molar-refractivity contribution in [3.05, 3.63) is 0 Å². The van der Waals surface area contributed by atoms with Gasteiger partial charge in [-0.1, -0.05) is 61.3 Å². The van der Waals surface area contributed by atoms with Gasteiger partial charge in [0.15, 0.2) is 0 Å². The number of hydrogen-bond acceptors (Lipinski definition) is 1. The molecule has 21 heavy (non-hydrogen) atoms. The van der Waals surface area contributed by atoms with Crippen LogP contribution in [0.1, 0.15) is 74.1 Å². The predicted molar refractivity (Wildman–Crippen MR) is 95.6 cm³/mol. The lowest BCUT2D eigenvalue weighted by Crippen LogP contribution is -2.23. The Kier molecular flexibility index (Phi) is 8.31. The van der Waals surface area contributed by atoms with Crippen LogP contribution in [0.5, 0.6) is 0 Å². The highest BCUT2D eigenvalue weighted by molar-refractivity contribution is 4.78. The van der Waals surface area contributed by atoms with Gasteiger partial charge in [0.25, 0.3) is 0 Å². The van der Waals surface area contributed by atoms with Crippen molar-refractivity contribution in [1.82, 2.24) is 4.90 Å². The highest BCUT2D eigenvalue weighted by atomic mass is 15.1. The van der Waals surface area contributed by atoms with Crippen LogP contribution in [-0.2, 0) is 0 Å². The van der Waals surface area contributed by atoms with Crippen molar-refractivity contribution in [2.24, 2.45) is 35.5 Å². The molecule has 5 atom stereocenters. The van der Waals surface area contributed by atoms with E-state index in [9.17, 15) is 0 Å². The Labute approximate surface area is 134 Å². The molecule has 1 heterocycles. The van der Waals surface area contributed by atoms with Crippen LogP contribution in [-0.4, -0.2) is 24.5 Å². The molecule has 1 aliphatic heterocycles. The van der Waals surface area contributed by atoms with Gasteiger partial charge in [0.05, 0.1) is 0 Å². The van der Waals surface area contributed by atoms with Crippen molar-refractivity contribution in [2.75, 3.05) is 19.6 Å². The highest BCUT2D eigenvalue weighted by Gasteiger charge is 2.25. The average Bonchev–Trinajstić information content (AvgIpc) is 2.73. The van der Waals surface area contributed by atoms with Crippen molar-refractivity contribution in [3.63, 3.8) is 0 Å². The van der Waals surface area contributed by atoms with E-state index in [1.165, 1.54) is 45.3 Å². The largest absolute Gasteiger partial charge is 0.303 e. The summed E-state index contributed by atoms with van der Waals surface area (Å²) in [5.41, 5.74) is 0. The molecule has 1 aliphatic rings. The van der Waals surface area contributed by atoms with Crippen LogP contribution >= 0.6 is 0 Å². The van der Waals surface area contributed by atoms with Gasteiger partial charge < -0.3 is 4.90 Å². The molecule has 1 nitrogen and oxygen atoms in total. The standard InChI is InChI=1S/C20H41N/c1-15(2)18(5)12-17(4)9-8-16(3)10-11-21-13-19(6)20(7)14-21/h15-20H,8-14H2,1-7H3. The number of rotatable bonds is 9. The molecule has 0 radical (unpaired) electrons. The lowest BCUT2D eigenvalue weighted by atomic mass is 9.85. The molecule has 0 amide bonds. The van der Waals surface area contributed by atoms with Gasteiger partial charge in [0, 0.05) is 13.1 Å². The second-order valence-corrected chi connectivity index (χ2v) is 8.75. The van der Waals surface area contributed by atoms with E-state index in [2.05, 4.69) is 53.4 Å². The van der Waals surface area contributed by atoms with E-state index < -0.39 is 0 Å². The average molecular weight is 296 g/mol. The molecule has 0 aromatic heterocycles. The summed E-state index contributed by atoms with van der Waals surface area (Å²) in [7, 11) is 0. The quantitative estimate of drug-likeness (QED) is 0.527. The van der Waals surface area contributed by atoms with Gasteiger partial charge in [-0.2, -0.15) is 0 Å². The molecular weight excluding hydrogens is 254 g/mol. The van der Waals surface area contributed by atoms with Gasteiger partial charge >= 0.3 is 0 Å². The maximum Gasteiger partial charge on any atom is 0.00102 e. The molecule has 126 valence electrons. The molecule has 1 heteroatoms. The monoisotopic (exact) mass is 295 g/mol. The summed E-state index contributed by atoms with van der Waals surface area (Å²) in [5.74, 6) is 5.31. The smallest absolute Gasteiger partial charge is 0.00102 e. The topological polar surface area (TPSA) is 3.24 Å². The maximum atomic E-state index is 2.69. The molecule has 0 bridgehead atoms. The van der Waals surface area contributed by atoms with Crippen LogP contribution in [0.3, 0.4) is 0 Å². The molecule has 0 spiro atoms. The summed E-state index contributed by atoms with van der Waals surface area (Å²) in [6.45, 7) is 20.9. The van der Waals surface area contributed by atoms with E-state index in [0.717, 1.165) is 35.5 Å². The van der Waals surface area contributed by atoms with E-state index in [0.29, 0.717) is 0 Å². The first-order chi connectivity index (χ1) is 9.79. The number of likely N-dealkylation sites (tertiary alicyclic amines) is 1. The Morgan fingerprint density at radius 2 is 1.33 bits per heavy atom. The first kappa shape index (κ1) is 19.0.